The Kier molecular flexibility index (Phi) is 3.12. The van der Waals surface area contributed by atoms with Crippen molar-refractivity contribution in [2.45, 2.75) is 49.9 Å². The third-order valence-corrected chi connectivity index (χ3v) is 3.74. The van der Waals surface area contributed by atoms with Gasteiger partial charge in [-0.3, -0.25) is 4.90 Å². The molecule has 3 heteroatoms. The topological polar surface area (TPSA) is 29.3 Å². The summed E-state index contributed by atoms with van der Waals surface area (Å²) in [7, 11) is 0. The maximum absolute atomic E-state index is 13.9. The molecule has 1 aliphatic carbocycles. The van der Waals surface area contributed by atoms with Crippen molar-refractivity contribution in [2.75, 3.05) is 13.1 Å². The molecule has 0 aromatic heterocycles. The van der Waals surface area contributed by atoms with Gasteiger partial charge in [0, 0.05) is 31.6 Å². The first-order chi connectivity index (χ1) is 7.13. The van der Waals surface area contributed by atoms with Gasteiger partial charge < -0.3 is 5.73 Å². The molecule has 0 radical (unpaired) electrons. The largest absolute Gasteiger partial charge is 0.328 e. The highest BCUT2D eigenvalue weighted by Gasteiger charge is 2.45. The first-order valence-corrected chi connectivity index (χ1v) is 5.92. The SMILES string of the molecule is C=CCC1(F)CN([C@H]2CC[C@H](N)CC2)C1. The fourth-order valence-corrected chi connectivity index (χ4v) is 2.79. The van der Waals surface area contributed by atoms with Crippen LogP contribution in [0.2, 0.25) is 0 Å². The van der Waals surface area contributed by atoms with Gasteiger partial charge in [0.1, 0.15) is 5.67 Å². The third kappa shape index (κ3) is 2.40. The van der Waals surface area contributed by atoms with Gasteiger partial charge in [-0.25, -0.2) is 4.39 Å². The molecule has 15 heavy (non-hydrogen) atoms. The molecule has 1 aliphatic heterocycles. The highest BCUT2D eigenvalue weighted by molar-refractivity contribution is 5.02. The van der Waals surface area contributed by atoms with Crippen LogP contribution in [0.1, 0.15) is 32.1 Å². The number of halogens is 1. The van der Waals surface area contributed by atoms with Crippen molar-refractivity contribution in [1.29, 1.82) is 0 Å². The molecule has 2 nitrogen and oxygen atoms in total. The predicted octanol–water partition coefficient (Wildman–Crippen LogP) is 1.86. The fraction of sp³-hybridized carbons (Fsp3) is 0.833. The second kappa shape index (κ2) is 4.22. The van der Waals surface area contributed by atoms with E-state index in [1.807, 2.05) is 0 Å². The van der Waals surface area contributed by atoms with E-state index in [0.29, 0.717) is 31.6 Å². The molecule has 1 saturated carbocycles. The number of nitrogens with zero attached hydrogens (tertiary/aromatic N) is 1. The van der Waals surface area contributed by atoms with Gasteiger partial charge in [0.05, 0.1) is 0 Å². The number of hydrogen-bond acceptors (Lipinski definition) is 2. The Hall–Kier alpha value is -0.410. The van der Waals surface area contributed by atoms with Gasteiger partial charge in [-0.2, -0.15) is 0 Å². The quantitative estimate of drug-likeness (QED) is 0.723. The van der Waals surface area contributed by atoms with E-state index in [-0.39, 0.29) is 0 Å². The van der Waals surface area contributed by atoms with Crippen molar-refractivity contribution in [3.05, 3.63) is 12.7 Å². The molecular weight excluding hydrogens is 191 g/mol. The second-order valence-electron chi connectivity index (χ2n) is 5.12. The van der Waals surface area contributed by atoms with Crippen molar-refractivity contribution in [2.24, 2.45) is 5.73 Å². The van der Waals surface area contributed by atoms with Gasteiger partial charge in [-0.05, 0) is 25.7 Å². The number of nitrogens with two attached hydrogens (primary N) is 1. The van der Waals surface area contributed by atoms with Gasteiger partial charge in [0.15, 0.2) is 0 Å². The van der Waals surface area contributed by atoms with Crippen LogP contribution in [0.25, 0.3) is 0 Å². The van der Waals surface area contributed by atoms with Crippen LogP contribution in [-0.2, 0) is 0 Å². The summed E-state index contributed by atoms with van der Waals surface area (Å²) in [6, 6.07) is 0.962. The fourth-order valence-electron chi connectivity index (χ4n) is 2.79. The average Bonchev–Trinajstić information content (AvgIpc) is 2.16. The summed E-state index contributed by atoms with van der Waals surface area (Å²) in [6.45, 7) is 4.79. The first-order valence-electron chi connectivity index (χ1n) is 5.92. The lowest BCUT2D eigenvalue weighted by Crippen LogP contribution is -2.62. The van der Waals surface area contributed by atoms with Gasteiger partial charge in [0.25, 0.3) is 0 Å². The molecule has 0 spiro atoms. The molecule has 0 aromatic carbocycles. The first kappa shape index (κ1) is 11.1. The number of hydrogen-bond donors (Lipinski definition) is 1. The Bertz CT molecular complexity index is 228. The Morgan fingerprint density at radius 1 is 1.33 bits per heavy atom. The Morgan fingerprint density at radius 3 is 2.47 bits per heavy atom. The van der Waals surface area contributed by atoms with E-state index < -0.39 is 5.67 Å². The zero-order valence-corrected chi connectivity index (χ0v) is 9.29. The highest BCUT2D eigenvalue weighted by atomic mass is 19.1. The van der Waals surface area contributed by atoms with Crippen LogP contribution in [0.15, 0.2) is 12.7 Å². The molecule has 1 heterocycles. The van der Waals surface area contributed by atoms with Crippen molar-refractivity contribution in [3.63, 3.8) is 0 Å². The van der Waals surface area contributed by atoms with E-state index in [0.717, 1.165) is 25.7 Å². The van der Waals surface area contributed by atoms with Crippen molar-refractivity contribution in [3.8, 4) is 0 Å². The minimum atomic E-state index is -0.985. The summed E-state index contributed by atoms with van der Waals surface area (Å²) in [4.78, 5) is 2.27. The van der Waals surface area contributed by atoms with E-state index in [9.17, 15) is 4.39 Å². The van der Waals surface area contributed by atoms with Gasteiger partial charge in [-0.1, -0.05) is 6.08 Å². The zero-order chi connectivity index (χ0) is 10.9. The lowest BCUT2D eigenvalue weighted by atomic mass is 9.84. The van der Waals surface area contributed by atoms with Crippen molar-refractivity contribution >= 4 is 0 Å². The summed E-state index contributed by atoms with van der Waals surface area (Å²) < 4.78 is 13.9. The van der Waals surface area contributed by atoms with Crippen molar-refractivity contribution < 1.29 is 4.39 Å². The van der Waals surface area contributed by atoms with Crippen LogP contribution >= 0.6 is 0 Å². The van der Waals surface area contributed by atoms with E-state index in [4.69, 9.17) is 5.73 Å². The molecule has 2 fully saturated rings. The minimum Gasteiger partial charge on any atom is -0.328 e. The molecule has 2 aliphatic rings. The number of rotatable bonds is 3. The number of likely N-dealkylation sites (tertiary alicyclic amines) is 1. The normalized spacial score (nSPS) is 35.9. The molecule has 2 N–H and O–H groups in total. The molecular formula is C12H21FN2. The van der Waals surface area contributed by atoms with Crippen LogP contribution in [0.3, 0.4) is 0 Å². The summed E-state index contributed by atoms with van der Waals surface area (Å²) in [5.74, 6) is 0. The molecule has 1 saturated heterocycles. The van der Waals surface area contributed by atoms with E-state index in [2.05, 4.69) is 11.5 Å². The van der Waals surface area contributed by atoms with Crippen LogP contribution in [0.4, 0.5) is 4.39 Å². The summed E-state index contributed by atoms with van der Waals surface area (Å²) >= 11 is 0. The number of alkyl halides is 1. The Labute approximate surface area is 91.3 Å². The summed E-state index contributed by atoms with van der Waals surface area (Å²) in [5, 5.41) is 0. The summed E-state index contributed by atoms with van der Waals surface area (Å²) in [5.41, 5.74) is 4.87. The van der Waals surface area contributed by atoms with Crippen LogP contribution in [0.5, 0.6) is 0 Å². The predicted molar refractivity (Wildman–Crippen MR) is 60.5 cm³/mol. The molecule has 0 atom stereocenters. The molecule has 2 rings (SSSR count). The standard InChI is InChI=1S/C12H21FN2/c1-2-7-12(13)8-15(9-12)11-5-3-10(14)4-6-11/h2,10-11H,1,3-9,14H2/t10-,11-. The van der Waals surface area contributed by atoms with E-state index in [1.54, 1.807) is 6.08 Å². The summed E-state index contributed by atoms with van der Waals surface area (Å²) in [6.07, 6.45) is 6.67. The van der Waals surface area contributed by atoms with Crippen LogP contribution in [0, 0.1) is 0 Å². The average molecular weight is 212 g/mol. The lowest BCUT2D eigenvalue weighted by molar-refractivity contribution is -0.0631. The zero-order valence-electron chi connectivity index (χ0n) is 9.29. The van der Waals surface area contributed by atoms with E-state index >= 15 is 0 Å². The van der Waals surface area contributed by atoms with Crippen molar-refractivity contribution in [1.82, 2.24) is 4.90 Å². The van der Waals surface area contributed by atoms with Gasteiger partial charge in [0.2, 0.25) is 0 Å². The third-order valence-electron chi connectivity index (χ3n) is 3.74. The monoisotopic (exact) mass is 212 g/mol. The Morgan fingerprint density at radius 2 is 1.93 bits per heavy atom. The van der Waals surface area contributed by atoms with Gasteiger partial charge in [-0.15, -0.1) is 6.58 Å². The smallest absolute Gasteiger partial charge is 0.139 e. The lowest BCUT2D eigenvalue weighted by Gasteiger charge is -2.49. The molecule has 0 aromatic rings. The minimum absolute atomic E-state index is 0.380. The second-order valence-corrected chi connectivity index (χ2v) is 5.12. The molecule has 86 valence electrons. The Balaban J connectivity index is 1.77. The molecule has 0 unspecified atom stereocenters. The maximum Gasteiger partial charge on any atom is 0.139 e. The highest BCUT2D eigenvalue weighted by Crippen LogP contribution is 2.34. The molecule has 0 bridgehead atoms. The van der Waals surface area contributed by atoms with Crippen LogP contribution in [-0.4, -0.2) is 35.7 Å². The number of allylic oxidation sites excluding steroid dienone is 1. The van der Waals surface area contributed by atoms with E-state index in [1.165, 1.54) is 0 Å². The maximum atomic E-state index is 13.9. The van der Waals surface area contributed by atoms with Crippen LogP contribution < -0.4 is 5.73 Å². The van der Waals surface area contributed by atoms with Gasteiger partial charge >= 0.3 is 0 Å². The molecule has 0 amide bonds.